The number of anilines is 1. The Morgan fingerprint density at radius 3 is 2.43 bits per heavy atom. The molecule has 0 spiro atoms. The minimum atomic E-state index is -0.262. The van der Waals surface area contributed by atoms with Gasteiger partial charge in [0.15, 0.2) is 0 Å². The van der Waals surface area contributed by atoms with E-state index in [2.05, 4.69) is 10.6 Å². The van der Waals surface area contributed by atoms with Gasteiger partial charge < -0.3 is 10.6 Å². The summed E-state index contributed by atoms with van der Waals surface area (Å²) in [6, 6.07) is 15.6. The number of nitrogens with one attached hydrogen (secondary N) is 2. The van der Waals surface area contributed by atoms with Crippen LogP contribution in [-0.2, 0) is 0 Å². The second-order valence-corrected chi connectivity index (χ2v) is 7.90. The molecule has 4 nitrogen and oxygen atoms in total. The van der Waals surface area contributed by atoms with Crippen molar-refractivity contribution in [3.8, 4) is 0 Å². The van der Waals surface area contributed by atoms with Crippen molar-refractivity contribution in [2.24, 2.45) is 0 Å². The maximum Gasteiger partial charge on any atom is 0.265 e. The van der Waals surface area contributed by atoms with Crippen molar-refractivity contribution in [1.29, 1.82) is 0 Å². The lowest BCUT2D eigenvalue weighted by atomic mass is 10.0. The predicted octanol–water partition coefficient (Wildman–Crippen LogP) is 6.19. The van der Waals surface area contributed by atoms with Crippen molar-refractivity contribution in [3.05, 3.63) is 86.0 Å². The molecular formula is C21H18Cl2N2O2S. The standard InChI is InChI=1S/C21H18Cl2N2O2S/c1-2-17(13-5-8-15(22)9-6-13)24-20(26)14-7-10-16(23)18(12-14)25-21(27)19-4-3-11-28-19/h3-12,17H,2H2,1H3,(H,24,26)(H,25,27). The molecule has 28 heavy (non-hydrogen) atoms. The van der Waals surface area contributed by atoms with Crippen LogP contribution in [0.5, 0.6) is 0 Å². The summed E-state index contributed by atoms with van der Waals surface area (Å²) in [5.74, 6) is -0.507. The molecule has 0 aliphatic heterocycles. The lowest BCUT2D eigenvalue weighted by Crippen LogP contribution is -2.28. The first-order valence-corrected chi connectivity index (χ1v) is 10.3. The number of hydrogen-bond acceptors (Lipinski definition) is 3. The highest BCUT2D eigenvalue weighted by molar-refractivity contribution is 7.12. The van der Waals surface area contributed by atoms with E-state index in [1.165, 1.54) is 11.3 Å². The van der Waals surface area contributed by atoms with Gasteiger partial charge in [-0.1, -0.05) is 48.3 Å². The van der Waals surface area contributed by atoms with E-state index in [1.54, 1.807) is 42.5 Å². The normalized spacial score (nSPS) is 11.7. The zero-order valence-corrected chi connectivity index (χ0v) is 17.4. The molecule has 0 fully saturated rings. The summed E-state index contributed by atoms with van der Waals surface area (Å²) >= 11 is 13.5. The first-order chi connectivity index (χ1) is 13.5. The van der Waals surface area contributed by atoms with Crippen LogP contribution in [0.15, 0.2) is 60.0 Å². The average Bonchev–Trinajstić information content (AvgIpc) is 3.23. The topological polar surface area (TPSA) is 58.2 Å². The highest BCUT2D eigenvalue weighted by atomic mass is 35.5. The molecule has 3 aromatic rings. The molecule has 0 saturated carbocycles. The molecule has 1 atom stereocenters. The molecule has 1 unspecified atom stereocenters. The van der Waals surface area contributed by atoms with E-state index in [9.17, 15) is 9.59 Å². The lowest BCUT2D eigenvalue weighted by Gasteiger charge is -2.18. The third-order valence-corrected chi connectivity index (χ3v) is 5.66. The van der Waals surface area contributed by atoms with Crippen LogP contribution >= 0.6 is 34.5 Å². The molecule has 1 heterocycles. The number of halogens is 2. The molecule has 2 amide bonds. The number of rotatable bonds is 6. The summed E-state index contributed by atoms with van der Waals surface area (Å²) in [5, 5.41) is 8.60. The van der Waals surface area contributed by atoms with Gasteiger partial charge in [0.05, 0.1) is 21.6 Å². The van der Waals surface area contributed by atoms with E-state index >= 15 is 0 Å². The molecular weight excluding hydrogens is 415 g/mol. The van der Waals surface area contributed by atoms with Crippen LogP contribution in [0.4, 0.5) is 5.69 Å². The smallest absolute Gasteiger partial charge is 0.265 e. The van der Waals surface area contributed by atoms with Crippen molar-refractivity contribution >= 4 is 52.0 Å². The van der Waals surface area contributed by atoms with Gasteiger partial charge in [0, 0.05) is 10.6 Å². The Morgan fingerprint density at radius 1 is 1.04 bits per heavy atom. The maximum atomic E-state index is 12.7. The lowest BCUT2D eigenvalue weighted by molar-refractivity contribution is 0.0934. The third kappa shape index (κ3) is 4.93. The zero-order chi connectivity index (χ0) is 20.1. The second-order valence-electron chi connectivity index (χ2n) is 6.11. The van der Waals surface area contributed by atoms with Gasteiger partial charge in [-0.05, 0) is 53.8 Å². The van der Waals surface area contributed by atoms with Crippen molar-refractivity contribution in [1.82, 2.24) is 5.32 Å². The first-order valence-electron chi connectivity index (χ1n) is 8.68. The predicted molar refractivity (Wildman–Crippen MR) is 116 cm³/mol. The number of benzene rings is 2. The molecule has 3 rings (SSSR count). The van der Waals surface area contributed by atoms with Crippen LogP contribution in [0.3, 0.4) is 0 Å². The number of hydrogen-bond donors (Lipinski definition) is 2. The number of thiophene rings is 1. The number of amides is 2. The largest absolute Gasteiger partial charge is 0.345 e. The fourth-order valence-electron chi connectivity index (χ4n) is 2.71. The average molecular weight is 433 g/mol. The van der Waals surface area contributed by atoms with Crippen LogP contribution in [0.25, 0.3) is 0 Å². The minimum Gasteiger partial charge on any atom is -0.345 e. The van der Waals surface area contributed by atoms with Crippen molar-refractivity contribution in [3.63, 3.8) is 0 Å². The van der Waals surface area contributed by atoms with E-state index in [4.69, 9.17) is 23.2 Å². The summed E-state index contributed by atoms with van der Waals surface area (Å²) in [4.78, 5) is 25.6. The second kappa shape index (κ2) is 9.24. The van der Waals surface area contributed by atoms with Gasteiger partial charge in [-0.25, -0.2) is 0 Å². The van der Waals surface area contributed by atoms with Crippen molar-refractivity contribution in [2.45, 2.75) is 19.4 Å². The summed E-state index contributed by atoms with van der Waals surface area (Å²) in [6.45, 7) is 1.99. The summed E-state index contributed by atoms with van der Waals surface area (Å²) in [5.41, 5.74) is 1.78. The fraction of sp³-hybridized carbons (Fsp3) is 0.143. The van der Waals surface area contributed by atoms with Crippen LogP contribution in [0.1, 0.15) is 45.0 Å². The van der Waals surface area contributed by atoms with Crippen LogP contribution in [0, 0.1) is 0 Å². The van der Waals surface area contributed by atoms with Gasteiger partial charge in [-0.15, -0.1) is 11.3 Å². The van der Waals surface area contributed by atoms with Crippen LogP contribution in [0.2, 0.25) is 10.0 Å². The van der Waals surface area contributed by atoms with Crippen LogP contribution in [-0.4, -0.2) is 11.8 Å². The van der Waals surface area contributed by atoms with Crippen LogP contribution < -0.4 is 10.6 Å². The quantitative estimate of drug-likeness (QED) is 0.487. The van der Waals surface area contributed by atoms with E-state index in [0.717, 1.165) is 12.0 Å². The number of carbonyl (C=O) groups is 2. The fourth-order valence-corrected chi connectivity index (χ4v) is 3.62. The van der Waals surface area contributed by atoms with Gasteiger partial charge in [0.2, 0.25) is 0 Å². The molecule has 144 valence electrons. The zero-order valence-electron chi connectivity index (χ0n) is 15.0. The molecule has 0 bridgehead atoms. The maximum absolute atomic E-state index is 12.7. The van der Waals surface area contributed by atoms with Crippen molar-refractivity contribution < 1.29 is 9.59 Å². The Bertz CT molecular complexity index is 973. The summed E-state index contributed by atoms with van der Waals surface area (Å²) in [6.07, 6.45) is 0.725. The van der Waals surface area contributed by atoms with E-state index in [1.807, 2.05) is 24.4 Å². The van der Waals surface area contributed by atoms with Gasteiger partial charge in [-0.2, -0.15) is 0 Å². The number of carbonyl (C=O) groups excluding carboxylic acids is 2. The molecule has 0 saturated heterocycles. The first kappa shape index (κ1) is 20.4. The molecule has 1 aromatic heterocycles. The monoisotopic (exact) mass is 432 g/mol. The van der Waals surface area contributed by atoms with Crippen molar-refractivity contribution in [2.75, 3.05) is 5.32 Å². The van der Waals surface area contributed by atoms with E-state index in [0.29, 0.717) is 26.2 Å². The summed E-state index contributed by atoms with van der Waals surface area (Å²) < 4.78 is 0. The third-order valence-electron chi connectivity index (χ3n) is 4.21. The summed E-state index contributed by atoms with van der Waals surface area (Å²) in [7, 11) is 0. The molecule has 0 aliphatic carbocycles. The van der Waals surface area contributed by atoms with Gasteiger partial charge >= 0.3 is 0 Å². The van der Waals surface area contributed by atoms with Gasteiger partial charge in [0.1, 0.15) is 0 Å². The van der Waals surface area contributed by atoms with E-state index in [-0.39, 0.29) is 17.9 Å². The highest BCUT2D eigenvalue weighted by Gasteiger charge is 2.16. The van der Waals surface area contributed by atoms with E-state index < -0.39 is 0 Å². The Balaban J connectivity index is 1.76. The molecule has 7 heteroatoms. The Hall–Kier alpha value is -2.34. The SMILES string of the molecule is CCC(NC(=O)c1ccc(Cl)c(NC(=O)c2cccs2)c1)c1ccc(Cl)cc1. The molecule has 0 radical (unpaired) electrons. The Kier molecular flexibility index (Phi) is 6.73. The molecule has 0 aliphatic rings. The highest BCUT2D eigenvalue weighted by Crippen LogP contribution is 2.25. The Morgan fingerprint density at radius 2 is 1.79 bits per heavy atom. The Labute approximate surface area is 177 Å². The molecule has 2 aromatic carbocycles. The van der Waals surface area contributed by atoms with Gasteiger partial charge in [-0.3, -0.25) is 9.59 Å². The molecule has 2 N–H and O–H groups in total. The minimum absolute atomic E-state index is 0.149. The van der Waals surface area contributed by atoms with Gasteiger partial charge in [0.25, 0.3) is 11.8 Å².